The lowest BCUT2D eigenvalue weighted by molar-refractivity contribution is -0.384. The third kappa shape index (κ3) is 5.03. The minimum atomic E-state index is -0.513. The van der Waals surface area contributed by atoms with E-state index in [4.69, 9.17) is 20.8 Å². The van der Waals surface area contributed by atoms with Crippen molar-refractivity contribution in [3.63, 3.8) is 0 Å². The monoisotopic (exact) mass is 427 g/mol. The first kappa shape index (κ1) is 21.1. The van der Waals surface area contributed by atoms with Gasteiger partial charge in [0.2, 0.25) is 0 Å². The van der Waals surface area contributed by atoms with Crippen LogP contribution in [0.15, 0.2) is 58.0 Å². The van der Waals surface area contributed by atoms with Crippen molar-refractivity contribution in [2.24, 2.45) is 5.10 Å². The largest absolute Gasteiger partial charge is 0.483 e. The Hall–Kier alpha value is -3.65. The molecule has 2 aromatic carbocycles. The molecular weight excluding hydrogens is 410 g/mol. The fourth-order valence-corrected chi connectivity index (χ4v) is 2.82. The van der Waals surface area contributed by atoms with Crippen LogP contribution in [0.5, 0.6) is 5.75 Å². The number of furan rings is 1. The topological polar surface area (TPSA) is 107 Å². The van der Waals surface area contributed by atoms with Gasteiger partial charge in [0.25, 0.3) is 11.6 Å². The molecule has 9 heteroatoms. The molecule has 0 radical (unpaired) electrons. The van der Waals surface area contributed by atoms with Crippen LogP contribution in [-0.2, 0) is 4.79 Å². The summed E-state index contributed by atoms with van der Waals surface area (Å²) in [7, 11) is 0. The standard InChI is InChI=1S/C21H18ClN3O5/c1-13-4-3-5-19(14(13)2)29-12-21(26)24-23-11-16-7-9-20(30-16)17-10-15(25(27)28)6-8-18(17)22/h3-11H,12H2,1-2H3,(H,24,26)/b23-11-. The van der Waals surface area contributed by atoms with Crippen LogP contribution in [0, 0.1) is 24.0 Å². The number of hydrogen-bond donors (Lipinski definition) is 1. The average Bonchev–Trinajstić information content (AvgIpc) is 3.18. The van der Waals surface area contributed by atoms with Crippen LogP contribution < -0.4 is 10.2 Å². The predicted molar refractivity (Wildman–Crippen MR) is 113 cm³/mol. The summed E-state index contributed by atoms with van der Waals surface area (Å²) in [5.41, 5.74) is 4.68. The minimum Gasteiger partial charge on any atom is -0.483 e. The SMILES string of the molecule is Cc1cccc(OCC(=O)N/N=C\c2ccc(-c3cc([N+](=O)[O-])ccc3Cl)o2)c1C. The van der Waals surface area contributed by atoms with Crippen LogP contribution in [0.2, 0.25) is 5.02 Å². The molecule has 0 aliphatic carbocycles. The molecule has 0 fully saturated rings. The number of halogens is 1. The lowest BCUT2D eigenvalue weighted by Gasteiger charge is -2.09. The quantitative estimate of drug-likeness (QED) is 0.335. The summed E-state index contributed by atoms with van der Waals surface area (Å²) in [6.45, 7) is 3.70. The molecule has 1 amide bonds. The molecule has 154 valence electrons. The van der Waals surface area contributed by atoms with Crippen LogP contribution in [0.1, 0.15) is 16.9 Å². The predicted octanol–water partition coefficient (Wildman–Crippen LogP) is 4.65. The van der Waals surface area contributed by atoms with Gasteiger partial charge in [-0.05, 0) is 49.2 Å². The average molecular weight is 428 g/mol. The Labute approximate surface area is 177 Å². The van der Waals surface area contributed by atoms with E-state index in [9.17, 15) is 14.9 Å². The van der Waals surface area contributed by atoms with Crippen LogP contribution in [0.4, 0.5) is 5.69 Å². The van der Waals surface area contributed by atoms with Gasteiger partial charge in [0.05, 0.1) is 16.2 Å². The van der Waals surface area contributed by atoms with Crippen molar-refractivity contribution in [1.82, 2.24) is 5.43 Å². The number of nitrogens with zero attached hydrogens (tertiary/aromatic N) is 2. The van der Waals surface area contributed by atoms with E-state index in [1.165, 1.54) is 24.4 Å². The van der Waals surface area contributed by atoms with Gasteiger partial charge in [-0.2, -0.15) is 5.10 Å². The van der Waals surface area contributed by atoms with Crippen molar-refractivity contribution in [3.05, 3.63) is 80.6 Å². The maximum atomic E-state index is 11.9. The van der Waals surface area contributed by atoms with Gasteiger partial charge in [-0.15, -0.1) is 0 Å². The normalized spacial score (nSPS) is 10.9. The number of non-ortho nitro benzene ring substituents is 1. The fourth-order valence-electron chi connectivity index (χ4n) is 2.61. The number of carbonyl (C=O) groups excluding carboxylic acids is 1. The number of aryl methyl sites for hydroxylation is 1. The van der Waals surface area contributed by atoms with Gasteiger partial charge in [0, 0.05) is 17.7 Å². The van der Waals surface area contributed by atoms with Crippen molar-refractivity contribution in [3.8, 4) is 17.1 Å². The maximum absolute atomic E-state index is 11.9. The maximum Gasteiger partial charge on any atom is 0.277 e. The first-order chi connectivity index (χ1) is 14.3. The zero-order chi connectivity index (χ0) is 21.7. The van der Waals surface area contributed by atoms with Crippen LogP contribution in [0.25, 0.3) is 11.3 Å². The second kappa shape index (κ2) is 9.23. The Kier molecular flexibility index (Phi) is 6.48. The summed E-state index contributed by atoms with van der Waals surface area (Å²) in [6.07, 6.45) is 1.31. The fraction of sp³-hybridized carbons (Fsp3) is 0.143. The minimum absolute atomic E-state index is 0.0999. The molecule has 0 aliphatic rings. The van der Waals surface area contributed by atoms with Crippen molar-refractivity contribution in [2.45, 2.75) is 13.8 Å². The van der Waals surface area contributed by atoms with E-state index in [0.717, 1.165) is 11.1 Å². The zero-order valence-electron chi connectivity index (χ0n) is 16.2. The number of amides is 1. The second-order valence-electron chi connectivity index (χ2n) is 6.40. The Bertz CT molecular complexity index is 1120. The molecule has 0 bridgehead atoms. The zero-order valence-corrected chi connectivity index (χ0v) is 17.0. The summed E-state index contributed by atoms with van der Waals surface area (Å²) >= 11 is 6.11. The van der Waals surface area contributed by atoms with E-state index in [2.05, 4.69) is 10.5 Å². The van der Waals surface area contributed by atoms with Crippen LogP contribution >= 0.6 is 11.6 Å². The van der Waals surface area contributed by atoms with Gasteiger partial charge in [-0.1, -0.05) is 23.7 Å². The number of hydrazone groups is 1. The summed E-state index contributed by atoms with van der Waals surface area (Å²) in [5.74, 6) is 0.886. The molecule has 30 heavy (non-hydrogen) atoms. The highest BCUT2D eigenvalue weighted by atomic mass is 35.5. The lowest BCUT2D eigenvalue weighted by atomic mass is 10.1. The smallest absolute Gasteiger partial charge is 0.277 e. The molecule has 8 nitrogen and oxygen atoms in total. The molecule has 3 rings (SSSR count). The van der Waals surface area contributed by atoms with Crippen molar-refractivity contribution in [1.29, 1.82) is 0 Å². The molecule has 1 aromatic heterocycles. The number of nitrogens with one attached hydrogen (secondary N) is 1. The first-order valence-electron chi connectivity index (χ1n) is 8.90. The molecular formula is C21H18ClN3O5. The number of carbonyl (C=O) groups is 1. The molecule has 0 spiro atoms. The number of nitro groups is 1. The highest BCUT2D eigenvalue weighted by molar-refractivity contribution is 6.33. The Morgan fingerprint density at radius 1 is 1.27 bits per heavy atom. The van der Waals surface area contributed by atoms with E-state index < -0.39 is 10.8 Å². The summed E-state index contributed by atoms with van der Waals surface area (Å²) in [5, 5.41) is 15.1. The summed E-state index contributed by atoms with van der Waals surface area (Å²) in [6, 6.07) is 12.9. The van der Waals surface area contributed by atoms with Gasteiger partial charge in [-0.25, -0.2) is 5.43 Å². The van der Waals surface area contributed by atoms with E-state index in [1.54, 1.807) is 18.2 Å². The third-order valence-electron chi connectivity index (χ3n) is 4.35. The van der Waals surface area contributed by atoms with Crippen LogP contribution in [-0.4, -0.2) is 23.7 Å². The second-order valence-corrected chi connectivity index (χ2v) is 6.81. The van der Waals surface area contributed by atoms with E-state index >= 15 is 0 Å². The van der Waals surface area contributed by atoms with E-state index in [1.807, 2.05) is 26.0 Å². The van der Waals surface area contributed by atoms with E-state index in [-0.39, 0.29) is 12.3 Å². The number of nitro benzene ring substituents is 1. The molecule has 3 aromatic rings. The highest BCUT2D eigenvalue weighted by Gasteiger charge is 2.14. The van der Waals surface area contributed by atoms with Crippen molar-refractivity contribution >= 4 is 29.4 Å². The highest BCUT2D eigenvalue weighted by Crippen LogP contribution is 2.32. The third-order valence-corrected chi connectivity index (χ3v) is 4.68. The number of benzene rings is 2. The molecule has 0 atom stereocenters. The van der Waals surface area contributed by atoms with E-state index in [0.29, 0.717) is 27.9 Å². The first-order valence-corrected chi connectivity index (χ1v) is 9.28. The van der Waals surface area contributed by atoms with Crippen LogP contribution in [0.3, 0.4) is 0 Å². The number of rotatable bonds is 7. The Balaban J connectivity index is 1.59. The molecule has 0 saturated carbocycles. The van der Waals surface area contributed by atoms with Gasteiger partial charge in [-0.3, -0.25) is 14.9 Å². The summed E-state index contributed by atoms with van der Waals surface area (Å²) < 4.78 is 11.1. The molecule has 0 saturated heterocycles. The van der Waals surface area contributed by atoms with Gasteiger partial charge in [0.15, 0.2) is 6.61 Å². The van der Waals surface area contributed by atoms with Crippen molar-refractivity contribution in [2.75, 3.05) is 6.61 Å². The molecule has 1 heterocycles. The Morgan fingerprint density at radius 2 is 2.07 bits per heavy atom. The van der Waals surface area contributed by atoms with Crippen molar-refractivity contribution < 1.29 is 18.9 Å². The van der Waals surface area contributed by atoms with Gasteiger partial charge < -0.3 is 9.15 Å². The number of hydrogen-bond acceptors (Lipinski definition) is 6. The Morgan fingerprint density at radius 3 is 2.83 bits per heavy atom. The molecule has 0 unspecified atom stereocenters. The van der Waals surface area contributed by atoms with Gasteiger partial charge >= 0.3 is 0 Å². The van der Waals surface area contributed by atoms with Gasteiger partial charge in [0.1, 0.15) is 17.3 Å². The number of ether oxygens (including phenoxy) is 1. The molecule has 1 N–H and O–H groups in total. The molecule has 0 aliphatic heterocycles. The summed E-state index contributed by atoms with van der Waals surface area (Å²) in [4.78, 5) is 22.3. The lowest BCUT2D eigenvalue weighted by Crippen LogP contribution is -2.24.